The number of nitrogens with one attached hydrogen (secondary N) is 1. The van der Waals surface area contributed by atoms with Crippen LogP contribution in [0.3, 0.4) is 0 Å². The lowest BCUT2D eigenvalue weighted by atomic mass is 10.00. The number of esters is 1. The molecule has 0 aromatic heterocycles. The van der Waals surface area contributed by atoms with Crippen molar-refractivity contribution in [3.05, 3.63) is 71.8 Å². The molecular formula is C25H35NO6Si. The van der Waals surface area contributed by atoms with Crippen molar-refractivity contribution in [1.29, 1.82) is 0 Å². The number of carbonyl (C=O) groups is 2. The predicted molar refractivity (Wildman–Crippen MR) is 129 cm³/mol. The summed E-state index contributed by atoms with van der Waals surface area (Å²) in [6, 6.07) is 18.6. The Hall–Kier alpha value is -2.36. The number of carbonyl (C=O) groups excluding carboxylic acids is 2. The van der Waals surface area contributed by atoms with Gasteiger partial charge in [-0.15, -0.1) is 0 Å². The van der Waals surface area contributed by atoms with Crippen LogP contribution in [0.1, 0.15) is 49.2 Å². The van der Waals surface area contributed by atoms with Gasteiger partial charge in [0.1, 0.15) is 0 Å². The third-order valence-electron chi connectivity index (χ3n) is 4.85. The van der Waals surface area contributed by atoms with Gasteiger partial charge in [-0.25, -0.2) is 0 Å². The van der Waals surface area contributed by atoms with Gasteiger partial charge in [0.2, 0.25) is 5.78 Å². The molecule has 0 aliphatic heterocycles. The van der Waals surface area contributed by atoms with Crippen LogP contribution in [0.4, 0.5) is 0 Å². The quantitative estimate of drug-likeness (QED) is 0.169. The van der Waals surface area contributed by atoms with Gasteiger partial charge in [-0.1, -0.05) is 60.7 Å². The second-order valence-corrected chi connectivity index (χ2v) is 10.0. The molecule has 0 spiro atoms. The number of hydrogen-bond acceptors (Lipinski definition) is 7. The zero-order valence-electron chi connectivity index (χ0n) is 19.8. The maximum Gasteiger partial charge on any atom is 0.500 e. The highest BCUT2D eigenvalue weighted by molar-refractivity contribution is 6.60. The molecule has 2 aromatic rings. The van der Waals surface area contributed by atoms with Gasteiger partial charge in [0.05, 0.1) is 6.54 Å². The molecular weight excluding hydrogens is 438 g/mol. The highest BCUT2D eigenvalue weighted by atomic mass is 28.4. The SMILES string of the molecule is CCO[Si](CCCNCC(=O)OC(C(=O)c1ccccc1)c1ccccc1)(OCC)OCC. The van der Waals surface area contributed by atoms with Crippen LogP contribution in [0.2, 0.25) is 6.04 Å². The van der Waals surface area contributed by atoms with Gasteiger partial charge in [0.15, 0.2) is 6.10 Å². The zero-order chi connectivity index (χ0) is 23.9. The average molecular weight is 474 g/mol. The molecule has 0 heterocycles. The fourth-order valence-corrected chi connectivity index (χ4v) is 6.06. The van der Waals surface area contributed by atoms with Crippen molar-refractivity contribution in [2.75, 3.05) is 32.9 Å². The molecule has 1 atom stereocenters. The molecule has 0 aliphatic rings. The van der Waals surface area contributed by atoms with E-state index in [0.717, 1.165) is 6.42 Å². The summed E-state index contributed by atoms with van der Waals surface area (Å²) in [5.74, 6) is -0.743. The average Bonchev–Trinajstić information content (AvgIpc) is 2.83. The van der Waals surface area contributed by atoms with E-state index in [2.05, 4.69) is 5.32 Å². The van der Waals surface area contributed by atoms with E-state index in [9.17, 15) is 9.59 Å². The molecule has 8 heteroatoms. The van der Waals surface area contributed by atoms with E-state index in [4.69, 9.17) is 18.0 Å². The fourth-order valence-electron chi connectivity index (χ4n) is 3.45. The third kappa shape index (κ3) is 8.83. The van der Waals surface area contributed by atoms with Crippen LogP contribution in [0.15, 0.2) is 60.7 Å². The van der Waals surface area contributed by atoms with Gasteiger partial charge < -0.3 is 23.3 Å². The Balaban J connectivity index is 1.90. The van der Waals surface area contributed by atoms with Crippen LogP contribution < -0.4 is 5.32 Å². The van der Waals surface area contributed by atoms with Crippen LogP contribution in [0.5, 0.6) is 0 Å². The molecule has 7 nitrogen and oxygen atoms in total. The monoisotopic (exact) mass is 473 g/mol. The van der Waals surface area contributed by atoms with Gasteiger partial charge in [-0.2, -0.15) is 0 Å². The summed E-state index contributed by atoms with van der Waals surface area (Å²) < 4.78 is 23.1. The molecule has 1 unspecified atom stereocenters. The van der Waals surface area contributed by atoms with Gasteiger partial charge >= 0.3 is 14.8 Å². The summed E-state index contributed by atoms with van der Waals surface area (Å²) in [5.41, 5.74) is 1.14. The molecule has 0 aliphatic carbocycles. The minimum atomic E-state index is -2.70. The first-order chi connectivity index (χ1) is 16.0. The van der Waals surface area contributed by atoms with Crippen LogP contribution in [-0.4, -0.2) is 53.5 Å². The molecule has 2 rings (SSSR count). The standard InChI is InChI=1S/C25H35NO6Si/c1-4-29-33(30-5-2,31-6-3)19-13-18-26-20-23(27)32-25(22-16-11-8-12-17-22)24(28)21-14-9-7-10-15-21/h7-12,14-17,25-26H,4-6,13,18-20H2,1-3H3. The van der Waals surface area contributed by atoms with E-state index in [1.54, 1.807) is 36.4 Å². The summed E-state index contributed by atoms with van der Waals surface area (Å²) in [5, 5.41) is 3.09. The van der Waals surface area contributed by atoms with E-state index in [-0.39, 0.29) is 12.3 Å². The molecule has 0 fully saturated rings. The Labute approximate surface area is 197 Å². The molecule has 0 bridgehead atoms. The number of Topliss-reactive ketones (excluding diaryl/α,β-unsaturated/α-hetero) is 1. The number of benzene rings is 2. The summed E-state index contributed by atoms with van der Waals surface area (Å²) in [4.78, 5) is 25.5. The summed E-state index contributed by atoms with van der Waals surface area (Å²) >= 11 is 0. The molecule has 1 N–H and O–H groups in total. The van der Waals surface area contributed by atoms with Crippen LogP contribution in [-0.2, 0) is 22.8 Å². The predicted octanol–water partition coefficient (Wildman–Crippen LogP) is 4.18. The highest BCUT2D eigenvalue weighted by Gasteiger charge is 2.39. The Morgan fingerprint density at radius 2 is 1.39 bits per heavy atom. The number of hydrogen-bond donors (Lipinski definition) is 1. The van der Waals surface area contributed by atoms with Gasteiger partial charge in [0, 0.05) is 37.0 Å². The summed E-state index contributed by atoms with van der Waals surface area (Å²) in [7, 11) is -2.70. The van der Waals surface area contributed by atoms with E-state index >= 15 is 0 Å². The van der Waals surface area contributed by atoms with E-state index < -0.39 is 20.9 Å². The summed E-state index contributed by atoms with van der Waals surface area (Å²) in [6.45, 7) is 7.93. The van der Waals surface area contributed by atoms with Crippen molar-refractivity contribution in [1.82, 2.24) is 5.32 Å². The minimum absolute atomic E-state index is 0.00212. The number of rotatable bonds is 16. The molecule has 0 saturated carbocycles. The Bertz CT molecular complexity index is 816. The van der Waals surface area contributed by atoms with Crippen molar-refractivity contribution >= 4 is 20.6 Å². The Morgan fingerprint density at radius 3 is 1.94 bits per heavy atom. The fraction of sp³-hybridized carbons (Fsp3) is 0.440. The molecule has 0 radical (unpaired) electrons. The van der Waals surface area contributed by atoms with Crippen molar-refractivity contribution in [3.8, 4) is 0 Å². The molecule has 2 aromatic carbocycles. The first-order valence-electron chi connectivity index (χ1n) is 11.5. The maximum atomic E-state index is 13.0. The van der Waals surface area contributed by atoms with Crippen molar-refractivity contribution in [2.24, 2.45) is 0 Å². The Kier molecular flexibility index (Phi) is 12.0. The van der Waals surface area contributed by atoms with Gasteiger partial charge in [0.25, 0.3) is 0 Å². The normalized spacial score (nSPS) is 12.3. The zero-order valence-corrected chi connectivity index (χ0v) is 20.8. The molecule has 33 heavy (non-hydrogen) atoms. The topological polar surface area (TPSA) is 83.1 Å². The lowest BCUT2D eigenvalue weighted by molar-refractivity contribution is -0.146. The first-order valence-corrected chi connectivity index (χ1v) is 13.4. The third-order valence-corrected chi connectivity index (χ3v) is 8.00. The molecule has 180 valence electrons. The van der Waals surface area contributed by atoms with Gasteiger partial charge in [-0.3, -0.25) is 9.59 Å². The van der Waals surface area contributed by atoms with Crippen LogP contribution in [0, 0.1) is 0 Å². The Morgan fingerprint density at radius 1 is 0.848 bits per heavy atom. The van der Waals surface area contributed by atoms with Crippen molar-refractivity contribution in [3.63, 3.8) is 0 Å². The minimum Gasteiger partial charge on any atom is -0.448 e. The van der Waals surface area contributed by atoms with E-state index in [1.165, 1.54) is 0 Å². The van der Waals surface area contributed by atoms with Crippen molar-refractivity contribution < 1.29 is 27.6 Å². The largest absolute Gasteiger partial charge is 0.500 e. The number of ether oxygens (including phenoxy) is 1. The lowest BCUT2D eigenvalue weighted by Crippen LogP contribution is -2.46. The second-order valence-electron chi connectivity index (χ2n) is 7.27. The van der Waals surface area contributed by atoms with Crippen LogP contribution in [0.25, 0.3) is 0 Å². The van der Waals surface area contributed by atoms with E-state index in [0.29, 0.717) is 43.5 Å². The lowest BCUT2D eigenvalue weighted by Gasteiger charge is -2.28. The van der Waals surface area contributed by atoms with E-state index in [1.807, 2.05) is 45.0 Å². The maximum absolute atomic E-state index is 13.0. The van der Waals surface area contributed by atoms with Crippen LogP contribution >= 0.6 is 0 Å². The molecule has 0 amide bonds. The van der Waals surface area contributed by atoms with Gasteiger partial charge in [-0.05, 0) is 33.7 Å². The smallest absolute Gasteiger partial charge is 0.448 e. The van der Waals surface area contributed by atoms with Crippen molar-refractivity contribution in [2.45, 2.75) is 39.3 Å². The first kappa shape index (κ1) is 26.9. The highest BCUT2D eigenvalue weighted by Crippen LogP contribution is 2.23. The molecule has 0 saturated heterocycles. The summed E-state index contributed by atoms with van der Waals surface area (Å²) in [6.07, 6.45) is -0.262. The number of ketones is 1. The second kappa shape index (κ2) is 14.7.